The molecule has 0 radical (unpaired) electrons. The van der Waals surface area contributed by atoms with E-state index in [0.717, 1.165) is 0 Å². The first-order valence-corrected chi connectivity index (χ1v) is 9.29. The Balaban J connectivity index is 2.34. The van der Waals surface area contributed by atoms with Gasteiger partial charge in [-0.3, -0.25) is 0 Å². The molecule has 0 aliphatic heterocycles. The van der Waals surface area contributed by atoms with Crippen molar-refractivity contribution in [2.24, 2.45) is 0 Å². The van der Waals surface area contributed by atoms with Crippen molar-refractivity contribution in [3.63, 3.8) is 0 Å². The van der Waals surface area contributed by atoms with Crippen LogP contribution in [0.2, 0.25) is 0 Å². The molecule has 2 aromatic carbocycles. The third kappa shape index (κ3) is 4.03. The average molecular weight is 412 g/mol. The van der Waals surface area contributed by atoms with Crippen LogP contribution in [0.5, 0.6) is 5.75 Å². The van der Waals surface area contributed by atoms with Crippen molar-refractivity contribution in [1.82, 2.24) is 9.78 Å². The Labute approximate surface area is 173 Å². The van der Waals surface area contributed by atoms with Crippen LogP contribution in [0.3, 0.4) is 0 Å². The Morgan fingerprint density at radius 3 is 2.37 bits per heavy atom. The normalized spacial score (nSPS) is 10.5. The van der Waals surface area contributed by atoms with E-state index in [0.29, 0.717) is 24.3 Å². The molecule has 0 saturated heterocycles. The summed E-state index contributed by atoms with van der Waals surface area (Å²) in [5.74, 6) is -1.84. The second-order valence-corrected chi connectivity index (χ2v) is 6.29. The molecule has 0 N–H and O–H groups in total. The van der Waals surface area contributed by atoms with Gasteiger partial charge in [-0.05, 0) is 30.7 Å². The molecule has 156 valence electrons. The first-order valence-electron chi connectivity index (χ1n) is 9.29. The first kappa shape index (κ1) is 21.0. The number of halogens is 1. The van der Waals surface area contributed by atoms with Crippen LogP contribution in [0.4, 0.5) is 4.39 Å². The van der Waals surface area contributed by atoms with Gasteiger partial charge in [0, 0.05) is 11.6 Å². The van der Waals surface area contributed by atoms with Gasteiger partial charge in [-0.25, -0.2) is 18.7 Å². The minimum absolute atomic E-state index is 0.0961. The molecular formula is C22H21FN2O5. The van der Waals surface area contributed by atoms with Gasteiger partial charge in [0.25, 0.3) is 0 Å². The van der Waals surface area contributed by atoms with Crippen LogP contribution in [0, 0.1) is 5.82 Å². The van der Waals surface area contributed by atoms with Gasteiger partial charge in [0.1, 0.15) is 22.8 Å². The summed E-state index contributed by atoms with van der Waals surface area (Å²) in [7, 11) is 2.41. The number of benzene rings is 2. The van der Waals surface area contributed by atoms with E-state index in [1.165, 1.54) is 37.1 Å². The lowest BCUT2D eigenvalue weighted by molar-refractivity contribution is 0.0549. The summed E-state index contributed by atoms with van der Waals surface area (Å²) in [6, 6.07) is 12.7. The number of carbonyl (C=O) groups is 2. The predicted octanol–water partition coefficient (Wildman–Crippen LogP) is 4.04. The number of aromatic nitrogens is 2. The summed E-state index contributed by atoms with van der Waals surface area (Å²) in [4.78, 5) is 25.3. The molecule has 30 heavy (non-hydrogen) atoms. The summed E-state index contributed by atoms with van der Waals surface area (Å²) in [6.07, 6.45) is 0.700. The van der Waals surface area contributed by atoms with E-state index in [4.69, 9.17) is 14.2 Å². The van der Waals surface area contributed by atoms with Crippen LogP contribution in [-0.2, 0) is 9.47 Å². The molecular weight excluding hydrogens is 391 g/mol. The van der Waals surface area contributed by atoms with Crippen molar-refractivity contribution in [3.8, 4) is 22.7 Å². The molecule has 1 aromatic heterocycles. The van der Waals surface area contributed by atoms with E-state index in [9.17, 15) is 14.0 Å². The number of carbonyl (C=O) groups excluding carboxylic acids is 2. The monoisotopic (exact) mass is 412 g/mol. The molecule has 3 aromatic rings. The first-order chi connectivity index (χ1) is 14.5. The van der Waals surface area contributed by atoms with Gasteiger partial charge >= 0.3 is 11.9 Å². The molecule has 0 aliphatic carbocycles. The van der Waals surface area contributed by atoms with E-state index in [1.807, 2.05) is 13.0 Å². The number of ether oxygens (including phenoxy) is 3. The minimum Gasteiger partial charge on any atom is -0.493 e. The minimum atomic E-state index is -0.779. The SMILES string of the molecule is CCCOc1cc(F)ccc1-c1nn(-c2ccccc2)c(C(=O)OC)c1C(=O)OC. The molecule has 3 rings (SSSR count). The lowest BCUT2D eigenvalue weighted by atomic mass is 10.0. The number of hydrogen-bond donors (Lipinski definition) is 0. The summed E-state index contributed by atoms with van der Waals surface area (Å²) < 4.78 is 30.7. The molecule has 0 fully saturated rings. The summed E-state index contributed by atoms with van der Waals surface area (Å²) >= 11 is 0. The number of esters is 2. The summed E-state index contributed by atoms with van der Waals surface area (Å²) in [6.45, 7) is 2.26. The third-order valence-electron chi connectivity index (χ3n) is 4.31. The van der Waals surface area contributed by atoms with E-state index in [1.54, 1.807) is 24.3 Å². The maximum atomic E-state index is 13.9. The van der Waals surface area contributed by atoms with Crippen molar-refractivity contribution < 1.29 is 28.2 Å². The number of methoxy groups -OCH3 is 2. The van der Waals surface area contributed by atoms with Gasteiger partial charge in [0.05, 0.1) is 26.5 Å². The average Bonchev–Trinajstić information content (AvgIpc) is 3.17. The highest BCUT2D eigenvalue weighted by Gasteiger charge is 2.32. The predicted molar refractivity (Wildman–Crippen MR) is 107 cm³/mol. The number of hydrogen-bond acceptors (Lipinski definition) is 6. The van der Waals surface area contributed by atoms with E-state index >= 15 is 0 Å². The molecule has 0 bridgehead atoms. The van der Waals surface area contributed by atoms with Crippen molar-refractivity contribution >= 4 is 11.9 Å². The van der Waals surface area contributed by atoms with Crippen molar-refractivity contribution in [1.29, 1.82) is 0 Å². The lowest BCUT2D eigenvalue weighted by Crippen LogP contribution is -2.15. The molecule has 0 amide bonds. The van der Waals surface area contributed by atoms with Crippen LogP contribution in [0.1, 0.15) is 34.2 Å². The molecule has 8 heteroatoms. The van der Waals surface area contributed by atoms with E-state index in [2.05, 4.69) is 5.10 Å². The van der Waals surface area contributed by atoms with Crippen LogP contribution >= 0.6 is 0 Å². The van der Waals surface area contributed by atoms with Gasteiger partial charge < -0.3 is 14.2 Å². The fourth-order valence-electron chi connectivity index (χ4n) is 2.97. The number of nitrogens with zero attached hydrogens (tertiary/aromatic N) is 2. The topological polar surface area (TPSA) is 79.7 Å². The van der Waals surface area contributed by atoms with Crippen molar-refractivity contribution in [2.75, 3.05) is 20.8 Å². The van der Waals surface area contributed by atoms with Crippen LogP contribution in [0.25, 0.3) is 16.9 Å². The Bertz CT molecular complexity index is 1060. The Morgan fingerprint density at radius 1 is 1.03 bits per heavy atom. The standard InChI is InChI=1S/C22H21FN2O5/c1-4-12-30-17-13-14(23)10-11-16(17)19-18(21(26)28-2)20(22(27)29-3)25(24-19)15-8-6-5-7-9-15/h5-11,13H,4,12H2,1-3H3. The summed E-state index contributed by atoms with van der Waals surface area (Å²) in [5.41, 5.74) is 0.812. The largest absolute Gasteiger partial charge is 0.493 e. The van der Waals surface area contributed by atoms with Gasteiger partial charge in [-0.15, -0.1) is 0 Å². The quantitative estimate of drug-likeness (QED) is 0.545. The second-order valence-electron chi connectivity index (χ2n) is 6.29. The van der Waals surface area contributed by atoms with Gasteiger partial charge in [0.15, 0.2) is 5.69 Å². The fourth-order valence-corrected chi connectivity index (χ4v) is 2.97. The highest BCUT2D eigenvalue weighted by atomic mass is 19.1. The lowest BCUT2D eigenvalue weighted by Gasteiger charge is -2.10. The molecule has 0 atom stereocenters. The number of rotatable bonds is 7. The smallest absolute Gasteiger partial charge is 0.357 e. The zero-order valence-electron chi connectivity index (χ0n) is 16.8. The Kier molecular flexibility index (Phi) is 6.46. The van der Waals surface area contributed by atoms with E-state index in [-0.39, 0.29) is 22.7 Å². The fraction of sp³-hybridized carbons (Fsp3) is 0.227. The van der Waals surface area contributed by atoms with Gasteiger partial charge in [0.2, 0.25) is 0 Å². The van der Waals surface area contributed by atoms with Gasteiger partial charge in [-0.2, -0.15) is 5.10 Å². The van der Waals surface area contributed by atoms with Gasteiger partial charge in [-0.1, -0.05) is 25.1 Å². The molecule has 1 heterocycles. The molecule has 0 spiro atoms. The Morgan fingerprint density at radius 2 is 1.73 bits per heavy atom. The zero-order valence-corrected chi connectivity index (χ0v) is 16.8. The highest BCUT2D eigenvalue weighted by Crippen LogP contribution is 2.35. The Hall–Kier alpha value is -3.68. The second kappa shape index (κ2) is 9.21. The van der Waals surface area contributed by atoms with Crippen molar-refractivity contribution in [3.05, 3.63) is 65.6 Å². The van der Waals surface area contributed by atoms with Crippen LogP contribution in [0.15, 0.2) is 48.5 Å². The zero-order chi connectivity index (χ0) is 21.7. The third-order valence-corrected chi connectivity index (χ3v) is 4.31. The molecule has 0 unspecified atom stereocenters. The molecule has 0 aliphatic rings. The number of para-hydroxylation sites is 1. The maximum absolute atomic E-state index is 13.9. The molecule has 7 nitrogen and oxygen atoms in total. The van der Waals surface area contributed by atoms with Crippen LogP contribution < -0.4 is 4.74 Å². The molecule has 0 saturated carbocycles. The van der Waals surface area contributed by atoms with E-state index < -0.39 is 17.8 Å². The van der Waals surface area contributed by atoms with Crippen LogP contribution in [-0.4, -0.2) is 42.5 Å². The summed E-state index contributed by atoms with van der Waals surface area (Å²) in [5, 5.41) is 4.50. The van der Waals surface area contributed by atoms with Crippen molar-refractivity contribution in [2.45, 2.75) is 13.3 Å². The highest BCUT2D eigenvalue weighted by molar-refractivity contribution is 6.07. The maximum Gasteiger partial charge on any atom is 0.357 e.